The molecule has 0 bridgehead atoms. The molecule has 0 amide bonds. The van der Waals surface area contributed by atoms with Crippen LogP contribution in [0.2, 0.25) is 0 Å². The van der Waals surface area contributed by atoms with E-state index in [4.69, 9.17) is 9.26 Å². The first-order valence-electron chi connectivity index (χ1n) is 12.8. The topological polar surface area (TPSA) is 83.0 Å². The van der Waals surface area contributed by atoms with E-state index < -0.39 is 6.04 Å². The fourth-order valence-corrected chi connectivity index (χ4v) is 4.96. The Morgan fingerprint density at radius 3 is 2.31 bits per heavy atom. The van der Waals surface area contributed by atoms with E-state index in [0.717, 1.165) is 27.9 Å². The van der Waals surface area contributed by atoms with Crippen molar-refractivity contribution in [3.63, 3.8) is 0 Å². The van der Waals surface area contributed by atoms with Crippen molar-refractivity contribution in [1.29, 1.82) is 0 Å². The highest BCUT2D eigenvalue weighted by Gasteiger charge is 2.34. The molecule has 0 aliphatic heterocycles. The van der Waals surface area contributed by atoms with Gasteiger partial charge in [-0.2, -0.15) is 0 Å². The predicted octanol–water partition coefficient (Wildman–Crippen LogP) is 6.74. The predicted molar refractivity (Wildman–Crippen MR) is 149 cm³/mol. The lowest BCUT2D eigenvalue weighted by molar-refractivity contribution is 0.0964. The van der Waals surface area contributed by atoms with Gasteiger partial charge in [-0.05, 0) is 42.0 Å². The molecule has 2 unspecified atom stereocenters. The van der Waals surface area contributed by atoms with Gasteiger partial charge >= 0.3 is 0 Å². The molecule has 0 spiro atoms. The molecule has 192 valence electrons. The van der Waals surface area contributed by atoms with E-state index in [-0.39, 0.29) is 18.1 Å². The summed E-state index contributed by atoms with van der Waals surface area (Å²) in [5.41, 5.74) is 4.84. The summed E-state index contributed by atoms with van der Waals surface area (Å²) in [6.07, 6.45) is 0.242. The normalized spacial score (nSPS) is 12.7. The van der Waals surface area contributed by atoms with E-state index in [9.17, 15) is 4.79 Å². The van der Waals surface area contributed by atoms with Crippen LogP contribution in [0.5, 0.6) is 5.75 Å². The number of carbonyl (C=O) groups excluding carboxylic acids is 1. The van der Waals surface area contributed by atoms with Gasteiger partial charge in [-0.15, -0.1) is 5.10 Å². The Morgan fingerprint density at radius 1 is 0.872 bits per heavy atom. The fraction of sp³-hybridized carbons (Fsp3) is 0.125. The SMILES string of the molecule is COc1ccc(-c2cc(C(C(CC(=O)c3ccccc3)c3ccccc3)n3nnc4ccccc43)on2)cc1. The van der Waals surface area contributed by atoms with Crippen molar-refractivity contribution in [3.05, 3.63) is 132 Å². The minimum atomic E-state index is -0.480. The number of rotatable bonds is 9. The molecule has 6 aromatic rings. The van der Waals surface area contributed by atoms with Crippen LogP contribution in [0.4, 0.5) is 0 Å². The van der Waals surface area contributed by atoms with Crippen LogP contribution >= 0.6 is 0 Å². The van der Waals surface area contributed by atoms with Gasteiger partial charge in [-0.1, -0.05) is 83.2 Å². The summed E-state index contributed by atoms with van der Waals surface area (Å²) in [4.78, 5) is 13.6. The van der Waals surface area contributed by atoms with Gasteiger partial charge in [0.1, 0.15) is 23.0 Å². The highest BCUT2D eigenvalue weighted by Crippen LogP contribution is 2.40. The van der Waals surface area contributed by atoms with Gasteiger partial charge in [-0.3, -0.25) is 4.79 Å². The zero-order valence-corrected chi connectivity index (χ0v) is 21.3. The summed E-state index contributed by atoms with van der Waals surface area (Å²) in [6.45, 7) is 0. The number of para-hydroxylation sites is 1. The number of nitrogens with zero attached hydrogens (tertiary/aromatic N) is 4. The Kier molecular flexibility index (Phi) is 6.70. The van der Waals surface area contributed by atoms with Crippen molar-refractivity contribution in [3.8, 4) is 17.0 Å². The standard InChI is InChI=1S/C32H26N4O3/c1-38-25-18-16-23(17-19-25)28-21-31(39-34-28)32(36-29-15-9-8-14-27(29)33-35-36)26(22-10-4-2-5-11-22)20-30(37)24-12-6-3-7-13-24/h2-19,21,26,32H,20H2,1H3. The Hall–Kier alpha value is -5.04. The van der Waals surface area contributed by atoms with Crippen LogP contribution in [-0.2, 0) is 0 Å². The average molecular weight is 515 g/mol. The van der Waals surface area contributed by atoms with Crippen LogP contribution in [0.1, 0.15) is 40.1 Å². The molecule has 0 aliphatic rings. The third kappa shape index (κ3) is 4.94. The van der Waals surface area contributed by atoms with E-state index in [1.165, 1.54) is 0 Å². The van der Waals surface area contributed by atoms with Gasteiger partial charge in [0, 0.05) is 29.5 Å². The number of ether oxygens (including phenoxy) is 1. The summed E-state index contributed by atoms with van der Waals surface area (Å²) < 4.78 is 13.2. The summed E-state index contributed by atoms with van der Waals surface area (Å²) in [6, 6.07) is 36.2. The largest absolute Gasteiger partial charge is 0.497 e. The molecule has 7 nitrogen and oxygen atoms in total. The van der Waals surface area contributed by atoms with E-state index in [0.29, 0.717) is 17.0 Å². The number of ketones is 1. The molecule has 0 aliphatic carbocycles. The summed E-state index contributed by atoms with van der Waals surface area (Å²) in [7, 11) is 1.64. The van der Waals surface area contributed by atoms with Gasteiger partial charge in [0.25, 0.3) is 0 Å². The molecule has 4 aromatic carbocycles. The Labute approximate surface area is 225 Å². The van der Waals surface area contributed by atoms with Gasteiger partial charge < -0.3 is 9.26 Å². The van der Waals surface area contributed by atoms with Crippen LogP contribution in [0.3, 0.4) is 0 Å². The van der Waals surface area contributed by atoms with Crippen LogP contribution in [0.15, 0.2) is 120 Å². The van der Waals surface area contributed by atoms with Crippen molar-refractivity contribution >= 4 is 16.8 Å². The van der Waals surface area contributed by atoms with Crippen molar-refractivity contribution < 1.29 is 14.1 Å². The molecule has 6 rings (SSSR count). The summed E-state index contributed by atoms with van der Waals surface area (Å²) in [5, 5.41) is 13.4. The average Bonchev–Trinajstić information content (AvgIpc) is 3.66. The lowest BCUT2D eigenvalue weighted by Gasteiger charge is -2.26. The molecule has 0 radical (unpaired) electrons. The first-order valence-corrected chi connectivity index (χ1v) is 12.8. The van der Waals surface area contributed by atoms with E-state index >= 15 is 0 Å². The second-order valence-electron chi connectivity index (χ2n) is 9.32. The molecule has 0 saturated heterocycles. The first kappa shape index (κ1) is 24.3. The molecule has 2 heterocycles. The number of methoxy groups -OCH3 is 1. The summed E-state index contributed by atoms with van der Waals surface area (Å²) >= 11 is 0. The van der Waals surface area contributed by atoms with Crippen LogP contribution < -0.4 is 4.74 Å². The number of benzene rings is 4. The van der Waals surface area contributed by atoms with Crippen LogP contribution in [-0.4, -0.2) is 33.0 Å². The number of hydrogen-bond acceptors (Lipinski definition) is 6. The lowest BCUT2D eigenvalue weighted by Crippen LogP contribution is -2.23. The zero-order chi connectivity index (χ0) is 26.6. The molecule has 2 atom stereocenters. The third-order valence-electron chi connectivity index (χ3n) is 6.96. The summed E-state index contributed by atoms with van der Waals surface area (Å²) in [5.74, 6) is 1.08. The van der Waals surface area contributed by atoms with Gasteiger partial charge in [-0.25, -0.2) is 4.68 Å². The minimum absolute atomic E-state index is 0.0359. The second-order valence-corrected chi connectivity index (χ2v) is 9.32. The Morgan fingerprint density at radius 2 is 1.56 bits per heavy atom. The molecule has 0 saturated carbocycles. The maximum absolute atomic E-state index is 13.6. The number of hydrogen-bond donors (Lipinski definition) is 0. The van der Waals surface area contributed by atoms with Crippen LogP contribution in [0.25, 0.3) is 22.3 Å². The van der Waals surface area contributed by atoms with Gasteiger partial charge in [0.2, 0.25) is 0 Å². The van der Waals surface area contributed by atoms with E-state index in [1.54, 1.807) is 7.11 Å². The van der Waals surface area contributed by atoms with Gasteiger partial charge in [0.15, 0.2) is 11.5 Å². The zero-order valence-electron chi connectivity index (χ0n) is 21.3. The molecule has 0 N–H and O–H groups in total. The monoisotopic (exact) mass is 514 g/mol. The highest BCUT2D eigenvalue weighted by atomic mass is 16.5. The molecule has 39 heavy (non-hydrogen) atoms. The smallest absolute Gasteiger partial charge is 0.163 e. The van der Waals surface area contributed by atoms with E-state index in [2.05, 4.69) is 15.5 Å². The number of Topliss-reactive ketones (excluding diaryl/α,β-unsaturated/α-hetero) is 1. The Bertz CT molecular complexity index is 1690. The first-order chi connectivity index (χ1) is 19.2. The number of aromatic nitrogens is 4. The van der Waals surface area contributed by atoms with Crippen LogP contribution in [0, 0.1) is 0 Å². The number of carbonyl (C=O) groups is 1. The third-order valence-corrected chi connectivity index (χ3v) is 6.96. The van der Waals surface area contributed by atoms with Crippen molar-refractivity contribution in [2.24, 2.45) is 0 Å². The molecule has 0 fully saturated rings. The maximum atomic E-state index is 13.6. The van der Waals surface area contributed by atoms with Gasteiger partial charge in [0.05, 0.1) is 12.6 Å². The fourth-order valence-electron chi connectivity index (χ4n) is 4.96. The second kappa shape index (κ2) is 10.8. The van der Waals surface area contributed by atoms with Crippen molar-refractivity contribution in [2.45, 2.75) is 18.4 Å². The van der Waals surface area contributed by atoms with E-state index in [1.807, 2.05) is 120 Å². The molecule has 2 aromatic heterocycles. The quantitative estimate of drug-likeness (QED) is 0.199. The highest BCUT2D eigenvalue weighted by molar-refractivity contribution is 5.96. The lowest BCUT2D eigenvalue weighted by atomic mass is 9.84. The van der Waals surface area contributed by atoms with Crippen molar-refractivity contribution in [2.75, 3.05) is 7.11 Å². The number of fused-ring (bicyclic) bond motifs is 1. The Balaban J connectivity index is 1.49. The molecular formula is C32H26N4O3. The van der Waals surface area contributed by atoms with Crippen molar-refractivity contribution in [1.82, 2.24) is 20.2 Å². The minimum Gasteiger partial charge on any atom is -0.497 e. The molecule has 7 heteroatoms. The molecular weight excluding hydrogens is 488 g/mol. The maximum Gasteiger partial charge on any atom is 0.163 e.